The summed E-state index contributed by atoms with van der Waals surface area (Å²) < 4.78 is 0. The number of nitrogens with one attached hydrogen (secondary N) is 2. The second-order valence-corrected chi connectivity index (χ2v) is 4.11. The summed E-state index contributed by atoms with van der Waals surface area (Å²) in [6.07, 6.45) is 1.52. The number of amides is 1. The van der Waals surface area contributed by atoms with E-state index in [0.717, 1.165) is 25.2 Å². The average Bonchev–Trinajstić information content (AvgIpc) is 2.00. The largest absolute Gasteiger partial charge is 0.329 e. The molecular formula is C10H17N3O. The molecule has 0 aromatic carbocycles. The van der Waals surface area contributed by atoms with Crippen LogP contribution in [0.4, 0.5) is 0 Å². The van der Waals surface area contributed by atoms with E-state index in [4.69, 9.17) is 0 Å². The number of rotatable bonds is 2. The molecule has 1 atom stereocenters. The van der Waals surface area contributed by atoms with Gasteiger partial charge in [0, 0.05) is 37.3 Å². The minimum Gasteiger partial charge on any atom is -0.329 e. The van der Waals surface area contributed by atoms with E-state index in [1.54, 1.807) is 0 Å². The van der Waals surface area contributed by atoms with Gasteiger partial charge >= 0.3 is 0 Å². The predicted octanol–water partition coefficient (Wildman–Crippen LogP) is -0.318. The molecule has 14 heavy (non-hydrogen) atoms. The average molecular weight is 195 g/mol. The molecule has 2 fully saturated rings. The van der Waals surface area contributed by atoms with E-state index < -0.39 is 0 Å². The summed E-state index contributed by atoms with van der Waals surface area (Å²) >= 11 is 0. The Bertz CT molecular complexity index is 260. The molecule has 1 unspecified atom stereocenters. The number of hydrogen-bond donors (Lipinski definition) is 2. The van der Waals surface area contributed by atoms with Crippen LogP contribution in [0.2, 0.25) is 0 Å². The molecule has 0 spiro atoms. The van der Waals surface area contributed by atoms with Crippen LogP contribution in [0.15, 0.2) is 12.3 Å². The van der Waals surface area contributed by atoms with E-state index in [9.17, 15) is 4.79 Å². The van der Waals surface area contributed by atoms with Crippen molar-refractivity contribution in [3.8, 4) is 0 Å². The van der Waals surface area contributed by atoms with Gasteiger partial charge < -0.3 is 10.6 Å². The zero-order valence-corrected chi connectivity index (χ0v) is 8.55. The van der Waals surface area contributed by atoms with Gasteiger partial charge in [-0.1, -0.05) is 6.58 Å². The zero-order valence-electron chi connectivity index (χ0n) is 8.55. The van der Waals surface area contributed by atoms with Crippen LogP contribution in [0.3, 0.4) is 0 Å². The molecule has 4 heteroatoms. The maximum Gasteiger partial charge on any atom is 0.224 e. The van der Waals surface area contributed by atoms with Crippen molar-refractivity contribution >= 4 is 5.91 Å². The predicted molar refractivity (Wildman–Crippen MR) is 54.7 cm³/mol. The minimum absolute atomic E-state index is 0.103. The second kappa shape index (κ2) is 3.71. The third-order valence-corrected chi connectivity index (χ3v) is 3.17. The fraction of sp³-hybridized carbons (Fsp3) is 0.700. The normalized spacial score (nSPS) is 28.9. The summed E-state index contributed by atoms with van der Waals surface area (Å²) in [4.78, 5) is 13.4. The molecule has 1 amide bonds. The van der Waals surface area contributed by atoms with Gasteiger partial charge in [-0.25, -0.2) is 0 Å². The van der Waals surface area contributed by atoms with Crippen molar-refractivity contribution in [2.24, 2.45) is 0 Å². The Hall–Kier alpha value is -0.870. The lowest BCUT2D eigenvalue weighted by Crippen LogP contribution is -2.60. The highest BCUT2D eigenvalue weighted by Crippen LogP contribution is 2.19. The highest BCUT2D eigenvalue weighted by molar-refractivity contribution is 5.79. The Balaban J connectivity index is 1.95. The first-order chi connectivity index (χ1) is 6.68. The Kier molecular flexibility index (Phi) is 2.56. The highest BCUT2D eigenvalue weighted by Gasteiger charge is 2.31. The lowest BCUT2D eigenvalue weighted by atomic mass is 9.99. The van der Waals surface area contributed by atoms with Gasteiger partial charge in [0.05, 0.1) is 0 Å². The number of likely N-dealkylation sites (N-methyl/N-ethyl adjacent to an activating group) is 1. The maximum atomic E-state index is 11.1. The molecule has 2 heterocycles. The first kappa shape index (κ1) is 9.68. The van der Waals surface area contributed by atoms with Crippen molar-refractivity contribution in [3.05, 3.63) is 12.3 Å². The Labute approximate surface area is 84.3 Å². The molecule has 0 aromatic heterocycles. The van der Waals surface area contributed by atoms with E-state index in [1.807, 2.05) is 0 Å². The van der Waals surface area contributed by atoms with Crippen LogP contribution in [-0.4, -0.2) is 43.0 Å². The van der Waals surface area contributed by atoms with Crippen LogP contribution in [0.25, 0.3) is 0 Å². The first-order valence-electron chi connectivity index (χ1n) is 5.10. The topological polar surface area (TPSA) is 44.4 Å². The van der Waals surface area contributed by atoms with Gasteiger partial charge in [0.25, 0.3) is 0 Å². The molecule has 0 aliphatic carbocycles. The number of piperidine rings is 1. The highest BCUT2D eigenvalue weighted by atomic mass is 16.1. The number of carbonyl (C=O) groups excluding carboxylic acids is 1. The fourth-order valence-corrected chi connectivity index (χ4v) is 2.03. The summed E-state index contributed by atoms with van der Waals surface area (Å²) in [5.74, 6) is 0.103. The standard InChI is InChI=1S/C10H17N3O/c1-7-9(3-4-10(14)12-7)13(2)8-5-11-6-8/h8-9,11H,1,3-6H2,2H3,(H,12,14). The van der Waals surface area contributed by atoms with Crippen molar-refractivity contribution in [2.45, 2.75) is 24.9 Å². The Morgan fingerprint density at radius 1 is 1.50 bits per heavy atom. The van der Waals surface area contributed by atoms with Crippen LogP contribution in [-0.2, 0) is 4.79 Å². The first-order valence-corrected chi connectivity index (χ1v) is 5.10. The van der Waals surface area contributed by atoms with Gasteiger partial charge in [0.2, 0.25) is 5.91 Å². The molecule has 2 rings (SSSR count). The Morgan fingerprint density at radius 3 is 2.71 bits per heavy atom. The molecule has 2 saturated heterocycles. The third kappa shape index (κ3) is 1.67. The molecule has 0 bridgehead atoms. The smallest absolute Gasteiger partial charge is 0.224 e. The quantitative estimate of drug-likeness (QED) is 0.635. The monoisotopic (exact) mass is 195 g/mol. The van der Waals surface area contributed by atoms with Gasteiger partial charge in [-0.3, -0.25) is 9.69 Å². The van der Waals surface area contributed by atoms with Crippen LogP contribution in [0.1, 0.15) is 12.8 Å². The fourth-order valence-electron chi connectivity index (χ4n) is 2.03. The Morgan fingerprint density at radius 2 is 2.21 bits per heavy atom. The van der Waals surface area contributed by atoms with E-state index >= 15 is 0 Å². The zero-order chi connectivity index (χ0) is 10.1. The molecule has 2 aliphatic rings. The van der Waals surface area contributed by atoms with Crippen molar-refractivity contribution in [3.63, 3.8) is 0 Å². The second-order valence-electron chi connectivity index (χ2n) is 4.11. The molecule has 0 radical (unpaired) electrons. The van der Waals surface area contributed by atoms with E-state index in [1.165, 1.54) is 0 Å². The summed E-state index contributed by atoms with van der Waals surface area (Å²) in [5.41, 5.74) is 0.857. The van der Waals surface area contributed by atoms with Crippen molar-refractivity contribution in [2.75, 3.05) is 20.1 Å². The lowest BCUT2D eigenvalue weighted by molar-refractivity contribution is -0.122. The number of carbonyl (C=O) groups is 1. The molecule has 2 aliphatic heterocycles. The molecule has 0 aromatic rings. The summed E-state index contributed by atoms with van der Waals surface area (Å²) in [5, 5.41) is 6.06. The molecule has 2 N–H and O–H groups in total. The number of nitrogens with zero attached hydrogens (tertiary/aromatic N) is 1. The van der Waals surface area contributed by atoms with Gasteiger partial charge in [0.1, 0.15) is 0 Å². The van der Waals surface area contributed by atoms with Crippen LogP contribution in [0.5, 0.6) is 0 Å². The summed E-state index contributed by atoms with van der Waals surface area (Å²) in [6.45, 7) is 6.01. The van der Waals surface area contributed by atoms with Crippen molar-refractivity contribution in [1.82, 2.24) is 15.5 Å². The van der Waals surface area contributed by atoms with Gasteiger partial charge in [-0.05, 0) is 13.5 Å². The van der Waals surface area contributed by atoms with Crippen LogP contribution >= 0.6 is 0 Å². The summed E-state index contributed by atoms with van der Waals surface area (Å²) in [6, 6.07) is 0.923. The SMILES string of the molecule is C=C1NC(=O)CCC1N(C)C1CNC1. The van der Waals surface area contributed by atoms with Gasteiger partial charge in [-0.15, -0.1) is 0 Å². The van der Waals surface area contributed by atoms with E-state index in [0.29, 0.717) is 18.5 Å². The van der Waals surface area contributed by atoms with Crippen molar-refractivity contribution < 1.29 is 4.79 Å². The van der Waals surface area contributed by atoms with Gasteiger partial charge in [-0.2, -0.15) is 0 Å². The third-order valence-electron chi connectivity index (χ3n) is 3.17. The van der Waals surface area contributed by atoms with Crippen LogP contribution < -0.4 is 10.6 Å². The lowest BCUT2D eigenvalue weighted by Gasteiger charge is -2.42. The van der Waals surface area contributed by atoms with E-state index in [-0.39, 0.29) is 5.91 Å². The van der Waals surface area contributed by atoms with Gasteiger partial charge in [0.15, 0.2) is 0 Å². The minimum atomic E-state index is 0.103. The summed E-state index contributed by atoms with van der Waals surface area (Å²) in [7, 11) is 2.11. The number of hydrogen-bond acceptors (Lipinski definition) is 3. The molecular weight excluding hydrogens is 178 g/mol. The molecule has 78 valence electrons. The molecule has 0 saturated carbocycles. The van der Waals surface area contributed by atoms with Crippen molar-refractivity contribution in [1.29, 1.82) is 0 Å². The maximum absolute atomic E-state index is 11.1. The van der Waals surface area contributed by atoms with E-state index in [2.05, 4.69) is 29.2 Å². The van der Waals surface area contributed by atoms with Crippen LogP contribution in [0, 0.1) is 0 Å². The molecule has 4 nitrogen and oxygen atoms in total.